The highest BCUT2D eigenvalue weighted by Crippen LogP contribution is 2.27. The van der Waals surface area contributed by atoms with E-state index < -0.39 is 10.0 Å². The SMILES string of the molecule is Cc1cccc(NS(=O)(=O)c2cc(C(=O)N3CCC(C)CC3)n(C)c2C)c1C. The summed E-state index contributed by atoms with van der Waals surface area (Å²) in [6.07, 6.45) is 1.96. The Kier molecular flexibility index (Phi) is 5.57. The van der Waals surface area contributed by atoms with Crippen LogP contribution in [0.1, 0.15) is 47.1 Å². The van der Waals surface area contributed by atoms with Crippen LogP contribution in [0.3, 0.4) is 0 Å². The van der Waals surface area contributed by atoms with Gasteiger partial charge in [-0.25, -0.2) is 8.42 Å². The molecule has 3 rings (SSSR count). The van der Waals surface area contributed by atoms with Crippen LogP contribution >= 0.6 is 0 Å². The zero-order valence-electron chi connectivity index (χ0n) is 17.2. The highest BCUT2D eigenvalue weighted by atomic mass is 32.2. The number of likely N-dealkylation sites (tertiary alicyclic amines) is 1. The molecule has 1 aliphatic heterocycles. The fourth-order valence-corrected chi connectivity index (χ4v) is 5.00. The number of rotatable bonds is 4. The Balaban J connectivity index is 1.91. The molecule has 1 aromatic heterocycles. The molecule has 1 aromatic carbocycles. The van der Waals surface area contributed by atoms with Crippen LogP contribution in [0, 0.1) is 26.7 Å². The van der Waals surface area contributed by atoms with Crippen molar-refractivity contribution in [1.82, 2.24) is 9.47 Å². The molecule has 6 nitrogen and oxygen atoms in total. The van der Waals surface area contributed by atoms with Crippen molar-refractivity contribution >= 4 is 21.6 Å². The number of carbonyl (C=O) groups is 1. The molecular formula is C21H29N3O3S. The highest BCUT2D eigenvalue weighted by Gasteiger charge is 2.28. The summed E-state index contributed by atoms with van der Waals surface area (Å²) in [7, 11) is -2.06. The molecule has 0 unspecified atom stereocenters. The van der Waals surface area contributed by atoms with Crippen LogP contribution < -0.4 is 4.72 Å². The van der Waals surface area contributed by atoms with Gasteiger partial charge in [-0.3, -0.25) is 9.52 Å². The molecule has 28 heavy (non-hydrogen) atoms. The number of carbonyl (C=O) groups excluding carboxylic acids is 1. The second-order valence-electron chi connectivity index (χ2n) is 7.87. The van der Waals surface area contributed by atoms with E-state index in [9.17, 15) is 13.2 Å². The molecule has 1 saturated heterocycles. The molecule has 1 fully saturated rings. The van der Waals surface area contributed by atoms with Gasteiger partial charge >= 0.3 is 0 Å². The predicted octanol–water partition coefficient (Wildman–Crippen LogP) is 3.62. The molecular weight excluding hydrogens is 374 g/mol. The van der Waals surface area contributed by atoms with Crippen LogP contribution in [-0.4, -0.2) is 36.9 Å². The number of hydrogen-bond donors (Lipinski definition) is 1. The van der Waals surface area contributed by atoms with Gasteiger partial charge in [0.2, 0.25) is 0 Å². The van der Waals surface area contributed by atoms with Crippen molar-refractivity contribution in [3.63, 3.8) is 0 Å². The second kappa shape index (κ2) is 7.62. The van der Waals surface area contributed by atoms with Crippen molar-refractivity contribution in [3.05, 3.63) is 46.8 Å². The van der Waals surface area contributed by atoms with E-state index in [-0.39, 0.29) is 10.8 Å². The van der Waals surface area contributed by atoms with Crippen molar-refractivity contribution in [1.29, 1.82) is 0 Å². The molecule has 0 bridgehead atoms. The van der Waals surface area contributed by atoms with E-state index in [1.54, 1.807) is 24.6 Å². The molecule has 1 aliphatic rings. The summed E-state index contributed by atoms with van der Waals surface area (Å²) < 4.78 is 30.4. The second-order valence-corrected chi connectivity index (χ2v) is 9.52. The Morgan fingerprint density at radius 3 is 2.43 bits per heavy atom. The van der Waals surface area contributed by atoms with Gasteiger partial charge in [0.1, 0.15) is 10.6 Å². The number of aryl methyl sites for hydroxylation is 1. The first-order chi connectivity index (χ1) is 13.1. The molecule has 1 amide bonds. The Morgan fingerprint density at radius 2 is 1.79 bits per heavy atom. The number of piperidine rings is 1. The summed E-state index contributed by atoms with van der Waals surface area (Å²) in [4.78, 5) is 14.9. The largest absolute Gasteiger partial charge is 0.343 e. The van der Waals surface area contributed by atoms with Crippen LogP contribution in [0.5, 0.6) is 0 Å². The van der Waals surface area contributed by atoms with E-state index in [1.165, 1.54) is 6.07 Å². The van der Waals surface area contributed by atoms with Crippen LogP contribution in [0.4, 0.5) is 5.69 Å². The summed E-state index contributed by atoms with van der Waals surface area (Å²) in [6.45, 7) is 9.18. The molecule has 152 valence electrons. The van der Waals surface area contributed by atoms with Gasteiger partial charge in [-0.15, -0.1) is 0 Å². The normalized spacial score (nSPS) is 15.7. The van der Waals surface area contributed by atoms with E-state index in [1.807, 2.05) is 30.9 Å². The van der Waals surface area contributed by atoms with Gasteiger partial charge in [0.05, 0.1) is 5.69 Å². The lowest BCUT2D eigenvalue weighted by atomic mass is 9.99. The summed E-state index contributed by atoms with van der Waals surface area (Å²) in [5.74, 6) is 0.516. The van der Waals surface area contributed by atoms with Gasteiger partial charge in [0, 0.05) is 25.8 Å². The van der Waals surface area contributed by atoms with Gasteiger partial charge < -0.3 is 9.47 Å². The Morgan fingerprint density at radius 1 is 1.14 bits per heavy atom. The summed E-state index contributed by atoms with van der Waals surface area (Å²) in [5, 5.41) is 0. The van der Waals surface area contributed by atoms with Crippen molar-refractivity contribution in [3.8, 4) is 0 Å². The monoisotopic (exact) mass is 403 g/mol. The van der Waals surface area contributed by atoms with Gasteiger partial charge in [-0.1, -0.05) is 19.1 Å². The maximum atomic E-state index is 13.0. The zero-order chi connectivity index (χ0) is 20.6. The first kappa shape index (κ1) is 20.5. The lowest BCUT2D eigenvalue weighted by molar-refractivity contribution is 0.0687. The maximum Gasteiger partial charge on any atom is 0.270 e. The van der Waals surface area contributed by atoms with Crippen molar-refractivity contribution in [2.75, 3.05) is 17.8 Å². The number of sulfonamides is 1. The fourth-order valence-electron chi connectivity index (χ4n) is 3.58. The van der Waals surface area contributed by atoms with E-state index >= 15 is 0 Å². The summed E-state index contributed by atoms with van der Waals surface area (Å²) in [5.41, 5.74) is 3.42. The van der Waals surface area contributed by atoms with Gasteiger partial charge in [0.15, 0.2) is 0 Å². The number of nitrogens with zero attached hydrogens (tertiary/aromatic N) is 2. The minimum atomic E-state index is -3.80. The third-order valence-electron chi connectivity index (χ3n) is 5.92. The van der Waals surface area contributed by atoms with E-state index in [0.29, 0.717) is 36.1 Å². The molecule has 0 atom stereocenters. The summed E-state index contributed by atoms with van der Waals surface area (Å²) >= 11 is 0. The molecule has 0 aliphatic carbocycles. The number of nitrogens with one attached hydrogen (secondary N) is 1. The van der Waals surface area contributed by atoms with Crippen LogP contribution in [0.25, 0.3) is 0 Å². The maximum absolute atomic E-state index is 13.0. The average Bonchev–Trinajstić information content (AvgIpc) is 2.95. The lowest BCUT2D eigenvalue weighted by Crippen LogP contribution is -2.38. The molecule has 2 heterocycles. The van der Waals surface area contributed by atoms with Crippen LogP contribution in [-0.2, 0) is 17.1 Å². The Hall–Kier alpha value is -2.28. The van der Waals surface area contributed by atoms with Crippen molar-refractivity contribution in [2.45, 2.75) is 45.4 Å². The minimum Gasteiger partial charge on any atom is -0.343 e. The van der Waals surface area contributed by atoms with Crippen molar-refractivity contribution < 1.29 is 13.2 Å². The molecule has 1 N–H and O–H groups in total. The number of amides is 1. The van der Waals surface area contributed by atoms with Crippen LogP contribution in [0.2, 0.25) is 0 Å². The quantitative estimate of drug-likeness (QED) is 0.847. The van der Waals surface area contributed by atoms with E-state index in [2.05, 4.69) is 11.6 Å². The zero-order valence-corrected chi connectivity index (χ0v) is 18.1. The van der Waals surface area contributed by atoms with E-state index in [0.717, 1.165) is 24.0 Å². The highest BCUT2D eigenvalue weighted by molar-refractivity contribution is 7.92. The smallest absolute Gasteiger partial charge is 0.270 e. The number of hydrogen-bond acceptors (Lipinski definition) is 3. The Labute approximate surface area is 167 Å². The fraction of sp³-hybridized carbons (Fsp3) is 0.476. The van der Waals surface area contributed by atoms with Gasteiger partial charge in [-0.05, 0) is 62.8 Å². The predicted molar refractivity (Wildman–Crippen MR) is 111 cm³/mol. The minimum absolute atomic E-state index is 0.106. The molecule has 0 spiro atoms. The Bertz CT molecular complexity index is 1000. The van der Waals surface area contributed by atoms with Gasteiger partial charge in [-0.2, -0.15) is 0 Å². The van der Waals surface area contributed by atoms with Crippen molar-refractivity contribution in [2.24, 2.45) is 13.0 Å². The standard InChI is InChI=1S/C21H29N3O3S/c1-14-9-11-24(12-10-14)21(25)19-13-20(17(4)23(19)5)28(26,27)22-18-8-6-7-15(2)16(18)3/h6-8,13-14,22H,9-12H2,1-5H3. The van der Waals surface area contributed by atoms with Crippen LogP contribution in [0.15, 0.2) is 29.2 Å². The first-order valence-corrected chi connectivity index (χ1v) is 11.1. The lowest BCUT2D eigenvalue weighted by Gasteiger charge is -2.30. The number of benzene rings is 1. The average molecular weight is 404 g/mol. The van der Waals surface area contributed by atoms with E-state index in [4.69, 9.17) is 0 Å². The number of anilines is 1. The van der Waals surface area contributed by atoms with Gasteiger partial charge in [0.25, 0.3) is 15.9 Å². The molecule has 7 heteroatoms. The first-order valence-electron chi connectivity index (χ1n) is 9.66. The third-order valence-corrected chi connectivity index (χ3v) is 7.40. The molecule has 0 saturated carbocycles. The topological polar surface area (TPSA) is 71.4 Å². The number of aromatic nitrogens is 1. The third kappa shape index (κ3) is 3.81. The molecule has 0 radical (unpaired) electrons. The molecule has 2 aromatic rings. The summed E-state index contributed by atoms with van der Waals surface area (Å²) in [6, 6.07) is 7.02.